The monoisotopic (exact) mass is 300 g/mol. The molecule has 4 heteroatoms. The van der Waals surface area contributed by atoms with Crippen molar-refractivity contribution in [1.82, 2.24) is 21.3 Å². The Balaban J connectivity index is 4.09. The molecule has 0 aliphatic carbocycles. The second kappa shape index (κ2) is 11.4. The maximum absolute atomic E-state index is 3.57. The Morgan fingerprint density at radius 3 is 2.19 bits per heavy atom. The lowest BCUT2D eigenvalue weighted by Crippen LogP contribution is -2.59. The molecule has 0 spiro atoms. The maximum atomic E-state index is 3.57. The topological polar surface area (TPSA) is 39.3 Å². The maximum Gasteiger partial charge on any atom is 0.0453 e. The van der Waals surface area contributed by atoms with Gasteiger partial charge in [0.1, 0.15) is 0 Å². The molecule has 0 rings (SSSR count). The van der Waals surface area contributed by atoms with E-state index in [-0.39, 0.29) is 5.54 Å². The third-order valence-electron chi connectivity index (χ3n) is 3.90. The fraction of sp³-hybridized carbons (Fsp3) is 1.00. The fourth-order valence-electron chi connectivity index (χ4n) is 2.20. The van der Waals surface area contributed by atoms with E-state index in [0.717, 1.165) is 19.6 Å². The van der Waals surface area contributed by atoms with Crippen LogP contribution in [0.15, 0.2) is 0 Å². The van der Waals surface area contributed by atoms with E-state index in [2.05, 4.69) is 69.8 Å². The first-order valence-corrected chi connectivity index (χ1v) is 8.84. The van der Waals surface area contributed by atoms with Gasteiger partial charge in [0.25, 0.3) is 0 Å². The van der Waals surface area contributed by atoms with E-state index < -0.39 is 0 Å². The lowest BCUT2D eigenvalue weighted by atomic mass is 9.97. The van der Waals surface area contributed by atoms with Gasteiger partial charge in [-0.2, -0.15) is 5.12 Å². The molecule has 0 amide bonds. The summed E-state index contributed by atoms with van der Waals surface area (Å²) in [7, 11) is 0. The van der Waals surface area contributed by atoms with Crippen molar-refractivity contribution >= 4 is 0 Å². The van der Waals surface area contributed by atoms with Gasteiger partial charge in [0.2, 0.25) is 0 Å². The molecule has 4 nitrogen and oxygen atoms in total. The number of hydrogen-bond acceptors (Lipinski definition) is 4. The highest BCUT2D eigenvalue weighted by Crippen LogP contribution is 2.18. The Morgan fingerprint density at radius 1 is 1.00 bits per heavy atom. The molecule has 0 saturated heterocycles. The zero-order valence-corrected chi connectivity index (χ0v) is 15.6. The van der Waals surface area contributed by atoms with Crippen LogP contribution in [0.4, 0.5) is 0 Å². The summed E-state index contributed by atoms with van der Waals surface area (Å²) in [6, 6.07) is 0.643. The number of nitrogens with zero attached hydrogens (tertiary/aromatic N) is 1. The van der Waals surface area contributed by atoms with Gasteiger partial charge >= 0.3 is 0 Å². The first-order chi connectivity index (χ1) is 9.83. The third kappa shape index (κ3) is 10.2. The number of nitrogens with one attached hydrogen (secondary N) is 3. The smallest absolute Gasteiger partial charge is 0.0453 e. The molecule has 0 aromatic carbocycles. The van der Waals surface area contributed by atoms with Crippen molar-refractivity contribution in [2.45, 2.75) is 85.7 Å². The van der Waals surface area contributed by atoms with Crippen molar-refractivity contribution in [2.24, 2.45) is 5.92 Å². The van der Waals surface area contributed by atoms with E-state index in [1.54, 1.807) is 0 Å². The Labute approximate surface area is 133 Å². The minimum atomic E-state index is 0.126. The van der Waals surface area contributed by atoms with E-state index in [9.17, 15) is 0 Å². The number of hydrogen-bond donors (Lipinski definition) is 3. The molecule has 0 fully saturated rings. The highest BCUT2D eigenvalue weighted by molar-refractivity contribution is 4.77. The third-order valence-corrected chi connectivity index (χ3v) is 3.90. The molecule has 0 heterocycles. The Hall–Kier alpha value is -0.160. The summed E-state index contributed by atoms with van der Waals surface area (Å²) in [5, 5.41) is 5.79. The van der Waals surface area contributed by atoms with Crippen molar-refractivity contribution < 1.29 is 0 Å². The normalized spacial score (nSPS) is 14.1. The molecule has 0 aromatic heterocycles. The van der Waals surface area contributed by atoms with Gasteiger partial charge in [-0.3, -0.25) is 0 Å². The summed E-state index contributed by atoms with van der Waals surface area (Å²) < 4.78 is 0. The predicted octanol–water partition coefficient (Wildman–Crippen LogP) is 3.31. The predicted molar refractivity (Wildman–Crippen MR) is 94.0 cm³/mol. The van der Waals surface area contributed by atoms with Gasteiger partial charge in [0.05, 0.1) is 0 Å². The second-order valence-corrected chi connectivity index (χ2v) is 7.14. The molecule has 21 heavy (non-hydrogen) atoms. The summed E-state index contributed by atoms with van der Waals surface area (Å²) in [6.07, 6.45) is 4.89. The summed E-state index contributed by atoms with van der Waals surface area (Å²) in [4.78, 5) is 0. The van der Waals surface area contributed by atoms with Gasteiger partial charge in [0, 0.05) is 24.7 Å². The molecule has 0 aromatic rings. The van der Waals surface area contributed by atoms with Gasteiger partial charge in [-0.25, -0.2) is 10.9 Å². The average Bonchev–Trinajstić information content (AvgIpc) is 2.42. The van der Waals surface area contributed by atoms with E-state index in [0.29, 0.717) is 12.0 Å². The minimum Gasteiger partial charge on any atom is -0.314 e. The standard InChI is InChI=1S/C17H40N4/c1-8-16(5)18-13-11-10-12-17(6,7)21(19-9-2)20-14-15(3)4/h15-16,18-20H,8-14H2,1-7H3. The van der Waals surface area contributed by atoms with E-state index in [1.807, 2.05) is 0 Å². The molecule has 0 aliphatic rings. The quantitative estimate of drug-likeness (QED) is 0.360. The van der Waals surface area contributed by atoms with E-state index >= 15 is 0 Å². The van der Waals surface area contributed by atoms with Crippen LogP contribution in [-0.2, 0) is 0 Å². The molecule has 0 aliphatic heterocycles. The van der Waals surface area contributed by atoms with Crippen molar-refractivity contribution in [3.8, 4) is 0 Å². The zero-order valence-electron chi connectivity index (χ0n) is 15.6. The van der Waals surface area contributed by atoms with Crippen molar-refractivity contribution in [3.05, 3.63) is 0 Å². The first-order valence-electron chi connectivity index (χ1n) is 8.84. The van der Waals surface area contributed by atoms with Crippen LogP contribution in [0.25, 0.3) is 0 Å². The molecule has 0 saturated carbocycles. The van der Waals surface area contributed by atoms with Gasteiger partial charge in [0.15, 0.2) is 0 Å². The molecule has 128 valence electrons. The largest absolute Gasteiger partial charge is 0.314 e. The molecule has 1 unspecified atom stereocenters. The van der Waals surface area contributed by atoms with Crippen LogP contribution >= 0.6 is 0 Å². The van der Waals surface area contributed by atoms with Crippen molar-refractivity contribution in [1.29, 1.82) is 0 Å². The SMILES string of the molecule is CCNN(NCC(C)C)C(C)(C)CCCCNC(C)CC. The Bertz CT molecular complexity index is 241. The fourth-order valence-corrected chi connectivity index (χ4v) is 2.20. The van der Waals surface area contributed by atoms with Crippen LogP contribution in [0.2, 0.25) is 0 Å². The summed E-state index contributed by atoms with van der Waals surface area (Å²) >= 11 is 0. The lowest BCUT2D eigenvalue weighted by Gasteiger charge is -2.39. The summed E-state index contributed by atoms with van der Waals surface area (Å²) in [5.41, 5.74) is 7.11. The second-order valence-electron chi connectivity index (χ2n) is 7.14. The Kier molecular flexibility index (Phi) is 11.3. The zero-order chi connectivity index (χ0) is 16.3. The van der Waals surface area contributed by atoms with Gasteiger partial charge in [-0.05, 0) is 52.5 Å². The van der Waals surface area contributed by atoms with Crippen LogP contribution in [0.1, 0.15) is 74.1 Å². The van der Waals surface area contributed by atoms with Crippen LogP contribution < -0.4 is 16.2 Å². The summed E-state index contributed by atoms with van der Waals surface area (Å²) in [6.45, 7) is 18.8. The molecule has 0 radical (unpaired) electrons. The van der Waals surface area contributed by atoms with Crippen molar-refractivity contribution in [2.75, 3.05) is 19.6 Å². The van der Waals surface area contributed by atoms with Gasteiger partial charge in [-0.15, -0.1) is 0 Å². The molecule has 1 atom stereocenters. The lowest BCUT2D eigenvalue weighted by molar-refractivity contribution is -0.00512. The highest BCUT2D eigenvalue weighted by Gasteiger charge is 2.25. The van der Waals surface area contributed by atoms with Gasteiger partial charge in [-0.1, -0.05) is 34.1 Å². The van der Waals surface area contributed by atoms with Crippen LogP contribution in [0, 0.1) is 5.92 Å². The Morgan fingerprint density at radius 2 is 1.67 bits per heavy atom. The van der Waals surface area contributed by atoms with Crippen LogP contribution in [-0.4, -0.2) is 36.3 Å². The molecule has 3 N–H and O–H groups in total. The van der Waals surface area contributed by atoms with Crippen molar-refractivity contribution in [3.63, 3.8) is 0 Å². The van der Waals surface area contributed by atoms with Gasteiger partial charge < -0.3 is 5.32 Å². The first kappa shape index (κ1) is 20.8. The number of hydrazine groups is 2. The minimum absolute atomic E-state index is 0.126. The van der Waals surface area contributed by atoms with Crippen LogP contribution in [0.3, 0.4) is 0 Å². The molecule has 0 bridgehead atoms. The highest BCUT2D eigenvalue weighted by atomic mass is 15.7. The number of unbranched alkanes of at least 4 members (excludes halogenated alkanes) is 1. The average molecular weight is 301 g/mol. The molecular formula is C17H40N4. The summed E-state index contributed by atoms with van der Waals surface area (Å²) in [5.74, 6) is 0.654. The van der Waals surface area contributed by atoms with E-state index in [4.69, 9.17) is 0 Å². The molecular weight excluding hydrogens is 260 g/mol. The van der Waals surface area contributed by atoms with Crippen LogP contribution in [0.5, 0.6) is 0 Å². The van der Waals surface area contributed by atoms with E-state index in [1.165, 1.54) is 25.7 Å². The number of rotatable bonds is 13.